The molecule has 1 aliphatic heterocycles. The second kappa shape index (κ2) is 9.96. The van der Waals surface area contributed by atoms with E-state index in [0.717, 1.165) is 45.2 Å². The number of benzene rings is 1. The molecule has 0 saturated carbocycles. The van der Waals surface area contributed by atoms with Crippen molar-refractivity contribution in [2.45, 2.75) is 45.4 Å². The van der Waals surface area contributed by atoms with E-state index in [0.29, 0.717) is 18.7 Å². The molecule has 5 heteroatoms. The Labute approximate surface area is 144 Å². The van der Waals surface area contributed by atoms with Gasteiger partial charge in [-0.3, -0.25) is 9.59 Å². The summed E-state index contributed by atoms with van der Waals surface area (Å²) in [6, 6.07) is 7.78. The lowest BCUT2D eigenvalue weighted by Crippen LogP contribution is -2.35. The Morgan fingerprint density at radius 3 is 2.75 bits per heavy atom. The van der Waals surface area contributed by atoms with Gasteiger partial charge < -0.3 is 15.0 Å². The minimum absolute atomic E-state index is 0.0219. The Kier molecular flexibility index (Phi) is 7.59. The van der Waals surface area contributed by atoms with Crippen LogP contribution in [0, 0.1) is 0 Å². The van der Waals surface area contributed by atoms with Crippen LogP contribution in [0.25, 0.3) is 0 Å². The van der Waals surface area contributed by atoms with Crippen molar-refractivity contribution in [3.63, 3.8) is 0 Å². The van der Waals surface area contributed by atoms with Crippen molar-refractivity contribution < 1.29 is 14.3 Å². The molecule has 1 aliphatic rings. The topological polar surface area (TPSA) is 58.6 Å². The summed E-state index contributed by atoms with van der Waals surface area (Å²) in [5, 5.41) is 2.84. The number of likely N-dealkylation sites (tertiary alicyclic amines) is 1. The molecule has 1 aromatic carbocycles. The van der Waals surface area contributed by atoms with Gasteiger partial charge in [-0.1, -0.05) is 25.5 Å². The SMILES string of the molecule is CCc1ccc(OCC(=O)NCCCN2CCCCCC2=O)cc1. The van der Waals surface area contributed by atoms with Crippen molar-refractivity contribution in [3.05, 3.63) is 29.8 Å². The lowest BCUT2D eigenvalue weighted by Gasteiger charge is -2.20. The first kappa shape index (κ1) is 18.3. The normalized spacial score (nSPS) is 15.0. The van der Waals surface area contributed by atoms with Crippen molar-refractivity contribution in [2.24, 2.45) is 0 Å². The molecule has 0 bridgehead atoms. The maximum atomic E-state index is 11.9. The molecule has 5 nitrogen and oxygen atoms in total. The van der Waals surface area contributed by atoms with E-state index < -0.39 is 0 Å². The van der Waals surface area contributed by atoms with E-state index in [1.165, 1.54) is 5.56 Å². The van der Waals surface area contributed by atoms with Crippen LogP contribution in [0.4, 0.5) is 0 Å². The van der Waals surface area contributed by atoms with E-state index in [9.17, 15) is 9.59 Å². The predicted octanol–water partition coefficient (Wildman–Crippen LogP) is 2.54. The Morgan fingerprint density at radius 1 is 1.21 bits per heavy atom. The molecular formula is C19H28N2O3. The molecule has 0 atom stereocenters. The van der Waals surface area contributed by atoms with Gasteiger partial charge in [-0.15, -0.1) is 0 Å². The third kappa shape index (κ3) is 6.22. The lowest BCUT2D eigenvalue weighted by molar-refractivity contribution is -0.130. The fraction of sp³-hybridized carbons (Fsp3) is 0.579. The fourth-order valence-electron chi connectivity index (χ4n) is 2.79. The average molecular weight is 332 g/mol. The molecule has 0 aliphatic carbocycles. The Hall–Kier alpha value is -2.04. The summed E-state index contributed by atoms with van der Waals surface area (Å²) in [6.07, 6.45) is 5.65. The van der Waals surface area contributed by atoms with E-state index in [-0.39, 0.29) is 18.4 Å². The second-order valence-electron chi connectivity index (χ2n) is 6.18. The van der Waals surface area contributed by atoms with E-state index >= 15 is 0 Å². The van der Waals surface area contributed by atoms with Gasteiger partial charge in [0.2, 0.25) is 5.91 Å². The lowest BCUT2D eigenvalue weighted by atomic mass is 10.2. The standard InChI is InChI=1S/C19H28N2O3/c1-2-16-8-10-17(11-9-16)24-15-18(22)20-12-6-14-21-13-5-3-4-7-19(21)23/h8-11H,2-7,12-15H2,1H3,(H,20,22). The number of amides is 2. The summed E-state index contributed by atoms with van der Waals surface area (Å²) in [7, 11) is 0. The largest absolute Gasteiger partial charge is 0.484 e. The third-order valence-corrected chi connectivity index (χ3v) is 4.30. The molecule has 0 aromatic heterocycles. The summed E-state index contributed by atoms with van der Waals surface area (Å²) in [4.78, 5) is 25.6. The molecule has 2 amide bonds. The van der Waals surface area contributed by atoms with Crippen LogP contribution in [-0.4, -0.2) is 43.0 Å². The monoisotopic (exact) mass is 332 g/mol. The highest BCUT2D eigenvalue weighted by Gasteiger charge is 2.15. The first-order valence-corrected chi connectivity index (χ1v) is 8.95. The number of ether oxygens (including phenoxy) is 1. The number of hydrogen-bond acceptors (Lipinski definition) is 3. The minimum Gasteiger partial charge on any atom is -0.484 e. The molecule has 1 fully saturated rings. The molecule has 0 unspecified atom stereocenters. The molecule has 1 heterocycles. The van der Waals surface area contributed by atoms with Gasteiger partial charge in [-0.05, 0) is 43.4 Å². The van der Waals surface area contributed by atoms with E-state index in [1.807, 2.05) is 29.2 Å². The van der Waals surface area contributed by atoms with Crippen molar-refractivity contribution in [1.82, 2.24) is 10.2 Å². The molecule has 1 saturated heterocycles. The zero-order chi connectivity index (χ0) is 17.2. The van der Waals surface area contributed by atoms with Gasteiger partial charge >= 0.3 is 0 Å². The average Bonchev–Trinajstić information content (AvgIpc) is 2.81. The maximum absolute atomic E-state index is 11.9. The highest BCUT2D eigenvalue weighted by atomic mass is 16.5. The first-order chi connectivity index (χ1) is 11.7. The van der Waals surface area contributed by atoms with Crippen LogP contribution in [0.2, 0.25) is 0 Å². The van der Waals surface area contributed by atoms with Crippen LogP contribution in [0.15, 0.2) is 24.3 Å². The molecule has 1 N–H and O–H groups in total. The Bertz CT molecular complexity index is 528. The van der Waals surface area contributed by atoms with Gasteiger partial charge in [0.1, 0.15) is 5.75 Å². The highest BCUT2D eigenvalue weighted by Crippen LogP contribution is 2.12. The number of aryl methyl sites for hydroxylation is 1. The van der Waals surface area contributed by atoms with Gasteiger partial charge in [0, 0.05) is 26.1 Å². The van der Waals surface area contributed by atoms with E-state index in [2.05, 4.69) is 12.2 Å². The summed E-state index contributed by atoms with van der Waals surface area (Å²) >= 11 is 0. The Morgan fingerprint density at radius 2 is 2.00 bits per heavy atom. The van der Waals surface area contributed by atoms with E-state index in [4.69, 9.17) is 4.74 Å². The summed E-state index contributed by atoms with van der Waals surface area (Å²) < 4.78 is 5.47. The zero-order valence-corrected chi connectivity index (χ0v) is 14.6. The molecule has 0 radical (unpaired) electrons. The number of hydrogen-bond donors (Lipinski definition) is 1. The number of nitrogens with zero attached hydrogens (tertiary/aromatic N) is 1. The molecule has 24 heavy (non-hydrogen) atoms. The van der Waals surface area contributed by atoms with Crippen LogP contribution < -0.4 is 10.1 Å². The van der Waals surface area contributed by atoms with E-state index in [1.54, 1.807) is 0 Å². The maximum Gasteiger partial charge on any atom is 0.257 e. The van der Waals surface area contributed by atoms with Crippen LogP contribution in [0.3, 0.4) is 0 Å². The number of carbonyl (C=O) groups is 2. The fourth-order valence-corrected chi connectivity index (χ4v) is 2.79. The predicted molar refractivity (Wildman–Crippen MR) is 94.0 cm³/mol. The van der Waals surface area contributed by atoms with Crippen LogP contribution in [-0.2, 0) is 16.0 Å². The van der Waals surface area contributed by atoms with Gasteiger partial charge in [-0.25, -0.2) is 0 Å². The van der Waals surface area contributed by atoms with Crippen molar-refractivity contribution in [1.29, 1.82) is 0 Å². The van der Waals surface area contributed by atoms with Gasteiger partial charge in [0.15, 0.2) is 6.61 Å². The summed E-state index contributed by atoms with van der Waals surface area (Å²) in [5.41, 5.74) is 1.25. The molecular weight excluding hydrogens is 304 g/mol. The molecule has 132 valence electrons. The van der Waals surface area contributed by atoms with Crippen LogP contribution >= 0.6 is 0 Å². The molecule has 2 rings (SSSR count). The molecule has 0 spiro atoms. The highest BCUT2D eigenvalue weighted by molar-refractivity contribution is 5.77. The Balaban J connectivity index is 1.59. The summed E-state index contributed by atoms with van der Waals surface area (Å²) in [6.45, 7) is 4.26. The van der Waals surface area contributed by atoms with Gasteiger partial charge in [0.25, 0.3) is 5.91 Å². The summed E-state index contributed by atoms with van der Waals surface area (Å²) in [5.74, 6) is 0.826. The smallest absolute Gasteiger partial charge is 0.257 e. The third-order valence-electron chi connectivity index (χ3n) is 4.30. The minimum atomic E-state index is -0.128. The van der Waals surface area contributed by atoms with Crippen molar-refractivity contribution in [3.8, 4) is 5.75 Å². The van der Waals surface area contributed by atoms with Crippen LogP contribution in [0.5, 0.6) is 5.75 Å². The number of carbonyl (C=O) groups excluding carboxylic acids is 2. The molecule has 1 aromatic rings. The number of rotatable bonds is 8. The van der Waals surface area contributed by atoms with Gasteiger partial charge in [-0.2, -0.15) is 0 Å². The number of nitrogens with one attached hydrogen (secondary N) is 1. The van der Waals surface area contributed by atoms with Crippen molar-refractivity contribution in [2.75, 3.05) is 26.2 Å². The van der Waals surface area contributed by atoms with Gasteiger partial charge in [0.05, 0.1) is 0 Å². The zero-order valence-electron chi connectivity index (χ0n) is 14.6. The van der Waals surface area contributed by atoms with Crippen molar-refractivity contribution >= 4 is 11.8 Å². The second-order valence-corrected chi connectivity index (χ2v) is 6.18. The first-order valence-electron chi connectivity index (χ1n) is 8.95. The van der Waals surface area contributed by atoms with Crippen LogP contribution in [0.1, 0.15) is 44.6 Å². The quantitative estimate of drug-likeness (QED) is 0.744.